The number of hydrogen-bond donors (Lipinski definition) is 2. The molecule has 0 heterocycles. The molecule has 0 unspecified atom stereocenters. The van der Waals surface area contributed by atoms with Crippen LogP contribution in [0.5, 0.6) is 5.75 Å². The summed E-state index contributed by atoms with van der Waals surface area (Å²) < 4.78 is 31.2. The largest absolute Gasteiger partial charge is 0.496 e. The third-order valence-electron chi connectivity index (χ3n) is 2.40. The Labute approximate surface area is 113 Å². The standard InChI is InChI=1S/C12H18N2O4S/c1-4-13-12(15)10-8-9(6-7-11(10)18-3)19(16,17)14-5-2/h6-8,14H,4-5H2,1-3H3,(H,13,15). The molecule has 1 aromatic rings. The molecule has 0 aliphatic heterocycles. The molecule has 0 atom stereocenters. The van der Waals surface area contributed by atoms with Crippen LogP contribution in [0.15, 0.2) is 23.1 Å². The molecule has 1 aromatic carbocycles. The number of carbonyl (C=O) groups excluding carboxylic acids is 1. The molecule has 0 saturated heterocycles. The van der Waals surface area contributed by atoms with Crippen molar-refractivity contribution in [2.45, 2.75) is 18.7 Å². The van der Waals surface area contributed by atoms with Crippen LogP contribution in [0.1, 0.15) is 24.2 Å². The zero-order valence-electron chi connectivity index (χ0n) is 11.2. The van der Waals surface area contributed by atoms with Gasteiger partial charge >= 0.3 is 0 Å². The van der Waals surface area contributed by atoms with Gasteiger partial charge in [0, 0.05) is 13.1 Å². The molecule has 6 nitrogen and oxygen atoms in total. The quantitative estimate of drug-likeness (QED) is 0.808. The molecule has 106 valence electrons. The second-order valence-corrected chi connectivity index (χ2v) is 5.49. The summed E-state index contributed by atoms with van der Waals surface area (Å²) in [6.07, 6.45) is 0. The predicted molar refractivity (Wildman–Crippen MR) is 71.9 cm³/mol. The fraction of sp³-hybridized carbons (Fsp3) is 0.417. The van der Waals surface area contributed by atoms with Crippen molar-refractivity contribution < 1.29 is 17.9 Å². The molecule has 0 aromatic heterocycles. The highest BCUT2D eigenvalue weighted by molar-refractivity contribution is 7.89. The van der Waals surface area contributed by atoms with Crippen molar-refractivity contribution in [2.24, 2.45) is 0 Å². The topological polar surface area (TPSA) is 84.5 Å². The molecule has 0 aliphatic rings. The van der Waals surface area contributed by atoms with Gasteiger partial charge in [0.05, 0.1) is 17.6 Å². The van der Waals surface area contributed by atoms with E-state index in [1.807, 2.05) is 0 Å². The van der Waals surface area contributed by atoms with E-state index in [0.717, 1.165) is 0 Å². The van der Waals surface area contributed by atoms with E-state index in [1.54, 1.807) is 13.8 Å². The predicted octanol–water partition coefficient (Wildman–Crippen LogP) is 0.743. The van der Waals surface area contributed by atoms with Gasteiger partial charge in [0.1, 0.15) is 5.75 Å². The summed E-state index contributed by atoms with van der Waals surface area (Å²) in [4.78, 5) is 11.9. The minimum Gasteiger partial charge on any atom is -0.496 e. The van der Waals surface area contributed by atoms with Crippen LogP contribution >= 0.6 is 0 Å². The fourth-order valence-corrected chi connectivity index (χ4v) is 2.63. The minimum absolute atomic E-state index is 0.0383. The van der Waals surface area contributed by atoms with Crippen LogP contribution in [-0.4, -0.2) is 34.5 Å². The number of sulfonamides is 1. The number of rotatable bonds is 6. The molecule has 0 spiro atoms. The number of amides is 1. The zero-order valence-corrected chi connectivity index (χ0v) is 12.0. The Morgan fingerprint density at radius 2 is 1.95 bits per heavy atom. The van der Waals surface area contributed by atoms with E-state index in [1.165, 1.54) is 25.3 Å². The summed E-state index contributed by atoms with van der Waals surface area (Å²) in [5, 5.41) is 2.61. The molecule has 1 amide bonds. The maximum absolute atomic E-state index is 11.9. The van der Waals surface area contributed by atoms with Crippen LogP contribution in [0.4, 0.5) is 0 Å². The second kappa shape index (κ2) is 6.53. The Morgan fingerprint density at radius 1 is 1.26 bits per heavy atom. The van der Waals surface area contributed by atoms with Crippen LogP contribution in [-0.2, 0) is 10.0 Å². The van der Waals surface area contributed by atoms with Gasteiger partial charge in [-0.1, -0.05) is 6.92 Å². The Kier molecular flexibility index (Phi) is 5.31. The van der Waals surface area contributed by atoms with Crippen LogP contribution in [0.3, 0.4) is 0 Å². The maximum atomic E-state index is 11.9. The molecular formula is C12H18N2O4S. The minimum atomic E-state index is -3.59. The summed E-state index contributed by atoms with van der Waals surface area (Å²) in [5.74, 6) is -0.0331. The van der Waals surface area contributed by atoms with Gasteiger partial charge < -0.3 is 10.1 Å². The molecule has 0 aliphatic carbocycles. The van der Waals surface area contributed by atoms with Gasteiger partial charge in [-0.05, 0) is 25.1 Å². The van der Waals surface area contributed by atoms with Gasteiger partial charge in [-0.2, -0.15) is 0 Å². The van der Waals surface area contributed by atoms with Gasteiger partial charge in [0.15, 0.2) is 0 Å². The SMILES string of the molecule is CCNC(=O)c1cc(S(=O)(=O)NCC)ccc1OC. The van der Waals surface area contributed by atoms with Crippen molar-refractivity contribution in [1.29, 1.82) is 0 Å². The van der Waals surface area contributed by atoms with Crippen molar-refractivity contribution in [3.8, 4) is 5.75 Å². The molecule has 19 heavy (non-hydrogen) atoms. The van der Waals surface area contributed by atoms with Crippen molar-refractivity contribution >= 4 is 15.9 Å². The van der Waals surface area contributed by atoms with E-state index in [-0.39, 0.29) is 22.9 Å². The highest BCUT2D eigenvalue weighted by Crippen LogP contribution is 2.22. The molecule has 0 bridgehead atoms. The Hall–Kier alpha value is -1.60. The van der Waals surface area contributed by atoms with E-state index < -0.39 is 10.0 Å². The molecule has 2 N–H and O–H groups in total. The van der Waals surface area contributed by atoms with Crippen LogP contribution in [0.2, 0.25) is 0 Å². The average molecular weight is 286 g/mol. The smallest absolute Gasteiger partial charge is 0.255 e. The summed E-state index contributed by atoms with van der Waals surface area (Å²) in [7, 11) is -2.16. The zero-order chi connectivity index (χ0) is 14.5. The average Bonchev–Trinajstić information content (AvgIpc) is 2.38. The van der Waals surface area contributed by atoms with Gasteiger partial charge in [0.25, 0.3) is 5.91 Å². The number of hydrogen-bond acceptors (Lipinski definition) is 4. The lowest BCUT2D eigenvalue weighted by Crippen LogP contribution is -2.26. The summed E-state index contributed by atoms with van der Waals surface area (Å²) in [6.45, 7) is 4.20. The third-order valence-corrected chi connectivity index (χ3v) is 3.94. The number of methoxy groups -OCH3 is 1. The first kappa shape index (κ1) is 15.5. The van der Waals surface area contributed by atoms with Gasteiger partial charge in [-0.25, -0.2) is 13.1 Å². The van der Waals surface area contributed by atoms with Crippen molar-refractivity contribution in [3.63, 3.8) is 0 Å². The first-order chi connectivity index (χ1) is 8.96. The molecule has 0 saturated carbocycles. The van der Waals surface area contributed by atoms with E-state index in [2.05, 4.69) is 10.0 Å². The van der Waals surface area contributed by atoms with Crippen molar-refractivity contribution in [3.05, 3.63) is 23.8 Å². The van der Waals surface area contributed by atoms with E-state index in [0.29, 0.717) is 12.3 Å². The third kappa shape index (κ3) is 3.68. The highest BCUT2D eigenvalue weighted by atomic mass is 32.2. The molecule has 0 radical (unpaired) electrons. The number of benzene rings is 1. The first-order valence-electron chi connectivity index (χ1n) is 5.92. The van der Waals surface area contributed by atoms with Crippen molar-refractivity contribution in [1.82, 2.24) is 10.0 Å². The normalized spacial score (nSPS) is 11.1. The lowest BCUT2D eigenvalue weighted by molar-refractivity contribution is 0.0952. The summed E-state index contributed by atoms with van der Waals surface area (Å²) in [5.41, 5.74) is 0.198. The van der Waals surface area contributed by atoms with E-state index in [9.17, 15) is 13.2 Å². The number of nitrogens with one attached hydrogen (secondary N) is 2. The van der Waals surface area contributed by atoms with E-state index in [4.69, 9.17) is 4.74 Å². The van der Waals surface area contributed by atoms with Gasteiger partial charge in [-0.3, -0.25) is 4.79 Å². The molecule has 0 fully saturated rings. The Balaban J connectivity index is 3.26. The Bertz CT molecular complexity index is 555. The molecule has 7 heteroatoms. The molecule has 1 rings (SSSR count). The number of ether oxygens (including phenoxy) is 1. The monoisotopic (exact) mass is 286 g/mol. The van der Waals surface area contributed by atoms with Gasteiger partial charge in [-0.15, -0.1) is 0 Å². The maximum Gasteiger partial charge on any atom is 0.255 e. The lowest BCUT2D eigenvalue weighted by Gasteiger charge is -2.11. The van der Waals surface area contributed by atoms with Gasteiger partial charge in [0.2, 0.25) is 10.0 Å². The van der Waals surface area contributed by atoms with Crippen LogP contribution in [0.25, 0.3) is 0 Å². The van der Waals surface area contributed by atoms with Crippen LogP contribution in [0, 0.1) is 0 Å². The van der Waals surface area contributed by atoms with E-state index >= 15 is 0 Å². The number of carbonyl (C=O) groups is 1. The summed E-state index contributed by atoms with van der Waals surface area (Å²) in [6, 6.07) is 4.18. The fourth-order valence-electron chi connectivity index (χ4n) is 1.56. The van der Waals surface area contributed by atoms with Crippen LogP contribution < -0.4 is 14.8 Å². The summed E-state index contributed by atoms with van der Waals surface area (Å²) >= 11 is 0. The second-order valence-electron chi connectivity index (χ2n) is 3.72. The molecular weight excluding hydrogens is 268 g/mol. The first-order valence-corrected chi connectivity index (χ1v) is 7.40. The Morgan fingerprint density at radius 3 is 2.47 bits per heavy atom. The van der Waals surface area contributed by atoms with Crippen molar-refractivity contribution in [2.75, 3.05) is 20.2 Å². The lowest BCUT2D eigenvalue weighted by atomic mass is 10.2. The highest BCUT2D eigenvalue weighted by Gasteiger charge is 2.18.